The molecule has 0 bridgehead atoms. The summed E-state index contributed by atoms with van der Waals surface area (Å²) in [5.41, 5.74) is 1.25. The number of hydrogen-bond donors (Lipinski definition) is 1. The van der Waals surface area contributed by atoms with Crippen LogP contribution in [0.2, 0.25) is 0 Å². The Morgan fingerprint density at radius 1 is 1.00 bits per heavy atom. The maximum atomic E-state index is 5.83. The van der Waals surface area contributed by atoms with Crippen molar-refractivity contribution in [1.29, 1.82) is 0 Å². The minimum absolute atomic E-state index is 0.288. The van der Waals surface area contributed by atoms with Gasteiger partial charge in [0.05, 0.1) is 13.7 Å². The Morgan fingerprint density at radius 3 is 2.42 bits per heavy atom. The average Bonchev–Trinajstić information content (AvgIpc) is 2.49. The first-order valence-electron chi connectivity index (χ1n) is 6.26. The van der Waals surface area contributed by atoms with Crippen molar-refractivity contribution in [1.82, 2.24) is 0 Å². The van der Waals surface area contributed by atoms with Crippen molar-refractivity contribution < 1.29 is 9.47 Å². The van der Waals surface area contributed by atoms with Crippen LogP contribution in [0.25, 0.3) is 0 Å². The highest BCUT2D eigenvalue weighted by Gasteiger charge is 2.10. The molecule has 0 amide bonds. The van der Waals surface area contributed by atoms with Gasteiger partial charge in [-0.3, -0.25) is 0 Å². The smallest absolute Gasteiger partial charge is 0.123 e. The maximum Gasteiger partial charge on any atom is 0.123 e. The number of thiol groups is 1. The predicted octanol–water partition coefficient (Wildman–Crippen LogP) is 3.79. The molecule has 1 unspecified atom stereocenters. The normalized spacial score (nSPS) is 11.9. The number of benzene rings is 2. The van der Waals surface area contributed by atoms with Crippen LogP contribution in [0.5, 0.6) is 11.5 Å². The Hall–Kier alpha value is -1.61. The lowest BCUT2D eigenvalue weighted by Crippen LogP contribution is -2.11. The summed E-state index contributed by atoms with van der Waals surface area (Å²) in [5, 5.41) is 0. The Labute approximate surface area is 119 Å². The molecule has 2 aromatic carbocycles. The fourth-order valence-corrected chi connectivity index (χ4v) is 2.18. The first-order valence-corrected chi connectivity index (χ1v) is 6.89. The summed E-state index contributed by atoms with van der Waals surface area (Å²) in [7, 11) is 1.65. The number of methoxy groups -OCH3 is 1. The second kappa shape index (κ2) is 7.10. The van der Waals surface area contributed by atoms with E-state index in [0.29, 0.717) is 6.61 Å². The molecule has 0 radical (unpaired) electrons. The first-order chi connectivity index (χ1) is 9.33. The Kier molecular flexibility index (Phi) is 5.16. The lowest BCUT2D eigenvalue weighted by Gasteiger charge is -2.16. The molecule has 0 N–H and O–H groups in total. The van der Waals surface area contributed by atoms with Crippen LogP contribution in [-0.4, -0.2) is 19.5 Å². The topological polar surface area (TPSA) is 18.5 Å². The summed E-state index contributed by atoms with van der Waals surface area (Å²) < 4.78 is 11.0. The van der Waals surface area contributed by atoms with Crippen molar-refractivity contribution in [2.75, 3.05) is 19.5 Å². The van der Waals surface area contributed by atoms with Crippen molar-refractivity contribution in [2.24, 2.45) is 0 Å². The lowest BCUT2D eigenvalue weighted by atomic mass is 10.0. The van der Waals surface area contributed by atoms with Crippen molar-refractivity contribution in [3.63, 3.8) is 0 Å². The molecule has 0 aliphatic rings. The van der Waals surface area contributed by atoms with Gasteiger partial charge in [0.2, 0.25) is 0 Å². The van der Waals surface area contributed by atoms with Gasteiger partial charge in [-0.05, 0) is 17.7 Å². The molecule has 0 heterocycles. The van der Waals surface area contributed by atoms with Gasteiger partial charge in [-0.25, -0.2) is 0 Å². The van der Waals surface area contributed by atoms with Crippen LogP contribution >= 0.6 is 12.6 Å². The second-order valence-electron chi connectivity index (χ2n) is 4.28. The van der Waals surface area contributed by atoms with Crippen molar-refractivity contribution in [3.8, 4) is 11.5 Å². The van der Waals surface area contributed by atoms with Gasteiger partial charge in [0, 0.05) is 17.7 Å². The van der Waals surface area contributed by atoms with E-state index in [2.05, 4.69) is 24.8 Å². The van der Waals surface area contributed by atoms with E-state index in [1.807, 2.05) is 42.5 Å². The van der Waals surface area contributed by atoms with Crippen LogP contribution < -0.4 is 9.47 Å². The van der Waals surface area contributed by atoms with Crippen LogP contribution in [0.4, 0.5) is 0 Å². The molecular formula is C16H18O2S. The summed E-state index contributed by atoms with van der Waals surface area (Å²) in [4.78, 5) is 0. The van der Waals surface area contributed by atoms with Gasteiger partial charge >= 0.3 is 0 Å². The fourth-order valence-electron chi connectivity index (χ4n) is 1.87. The van der Waals surface area contributed by atoms with Gasteiger partial charge in [-0.1, -0.05) is 36.4 Å². The van der Waals surface area contributed by atoms with E-state index >= 15 is 0 Å². The minimum atomic E-state index is 0.288. The third-order valence-corrected chi connectivity index (χ3v) is 3.42. The third-order valence-electron chi connectivity index (χ3n) is 2.98. The average molecular weight is 274 g/mol. The largest absolute Gasteiger partial charge is 0.497 e. The summed E-state index contributed by atoms with van der Waals surface area (Å²) in [5.74, 6) is 2.67. The van der Waals surface area contributed by atoms with Gasteiger partial charge in [0.15, 0.2) is 0 Å². The van der Waals surface area contributed by atoms with E-state index in [0.717, 1.165) is 17.3 Å². The van der Waals surface area contributed by atoms with E-state index in [1.165, 1.54) is 5.56 Å². The molecule has 19 heavy (non-hydrogen) atoms. The summed E-state index contributed by atoms with van der Waals surface area (Å²) in [6.45, 7) is 0.612. The lowest BCUT2D eigenvalue weighted by molar-refractivity contribution is 0.295. The zero-order valence-corrected chi connectivity index (χ0v) is 11.8. The first kappa shape index (κ1) is 13.8. The maximum absolute atomic E-state index is 5.83. The second-order valence-corrected chi connectivity index (χ2v) is 4.65. The number of rotatable bonds is 6. The van der Waals surface area contributed by atoms with Gasteiger partial charge < -0.3 is 9.47 Å². The van der Waals surface area contributed by atoms with Crippen molar-refractivity contribution >= 4 is 12.6 Å². The Balaban J connectivity index is 2.00. The van der Waals surface area contributed by atoms with Gasteiger partial charge in [0.1, 0.15) is 11.5 Å². The molecule has 0 aliphatic carbocycles. The van der Waals surface area contributed by atoms with E-state index in [-0.39, 0.29) is 5.92 Å². The van der Waals surface area contributed by atoms with Crippen molar-refractivity contribution in [2.45, 2.75) is 5.92 Å². The molecule has 2 aromatic rings. The van der Waals surface area contributed by atoms with Crippen LogP contribution in [0.1, 0.15) is 11.5 Å². The molecular weight excluding hydrogens is 256 g/mol. The SMILES string of the molecule is COc1cccc(OCC(CS)c2ccccc2)c1. The Bertz CT molecular complexity index is 499. The summed E-state index contributed by atoms with van der Waals surface area (Å²) in [6, 6.07) is 18.0. The van der Waals surface area contributed by atoms with E-state index < -0.39 is 0 Å². The molecule has 0 aromatic heterocycles. The zero-order chi connectivity index (χ0) is 13.5. The van der Waals surface area contributed by atoms with E-state index in [1.54, 1.807) is 7.11 Å². The number of hydrogen-bond acceptors (Lipinski definition) is 3. The van der Waals surface area contributed by atoms with Gasteiger partial charge in [-0.2, -0.15) is 12.6 Å². The molecule has 0 aliphatic heterocycles. The van der Waals surface area contributed by atoms with Crippen LogP contribution in [-0.2, 0) is 0 Å². The minimum Gasteiger partial charge on any atom is -0.497 e. The van der Waals surface area contributed by atoms with Crippen molar-refractivity contribution in [3.05, 3.63) is 60.2 Å². The highest BCUT2D eigenvalue weighted by Crippen LogP contribution is 2.22. The quantitative estimate of drug-likeness (QED) is 0.808. The predicted molar refractivity (Wildman–Crippen MR) is 81.5 cm³/mol. The zero-order valence-electron chi connectivity index (χ0n) is 11.0. The van der Waals surface area contributed by atoms with Gasteiger partial charge in [0.25, 0.3) is 0 Å². The number of ether oxygens (including phenoxy) is 2. The molecule has 100 valence electrons. The molecule has 3 heteroatoms. The summed E-state index contributed by atoms with van der Waals surface area (Å²) >= 11 is 4.41. The van der Waals surface area contributed by atoms with Crippen LogP contribution in [0.3, 0.4) is 0 Å². The van der Waals surface area contributed by atoms with E-state index in [4.69, 9.17) is 9.47 Å². The van der Waals surface area contributed by atoms with Crippen LogP contribution in [0, 0.1) is 0 Å². The molecule has 0 saturated carbocycles. The van der Waals surface area contributed by atoms with E-state index in [9.17, 15) is 0 Å². The third kappa shape index (κ3) is 3.93. The monoisotopic (exact) mass is 274 g/mol. The van der Waals surface area contributed by atoms with Crippen LogP contribution in [0.15, 0.2) is 54.6 Å². The highest BCUT2D eigenvalue weighted by atomic mass is 32.1. The van der Waals surface area contributed by atoms with Gasteiger partial charge in [-0.15, -0.1) is 0 Å². The Morgan fingerprint density at radius 2 is 1.74 bits per heavy atom. The fraction of sp³-hybridized carbons (Fsp3) is 0.250. The molecule has 0 spiro atoms. The molecule has 2 nitrogen and oxygen atoms in total. The molecule has 0 saturated heterocycles. The molecule has 1 atom stereocenters. The molecule has 2 rings (SSSR count). The summed E-state index contributed by atoms with van der Waals surface area (Å²) in [6.07, 6.45) is 0. The standard InChI is InChI=1S/C16H18O2S/c1-17-15-8-5-9-16(10-15)18-11-14(12-19)13-6-3-2-4-7-13/h2-10,14,19H,11-12H2,1H3. The molecule has 0 fully saturated rings. The highest BCUT2D eigenvalue weighted by molar-refractivity contribution is 7.80.